The van der Waals surface area contributed by atoms with Gasteiger partial charge in [-0.05, 0) is 37.8 Å². The molecule has 0 amide bonds. The van der Waals surface area contributed by atoms with Crippen molar-refractivity contribution < 1.29 is 19.4 Å². The van der Waals surface area contributed by atoms with Crippen molar-refractivity contribution in [2.24, 2.45) is 5.92 Å². The Morgan fingerprint density at radius 3 is 2.67 bits per heavy atom. The molecule has 0 aromatic heterocycles. The zero-order valence-corrected chi connectivity index (χ0v) is 12.6. The Balaban J connectivity index is 2.10. The molecule has 1 aliphatic carbocycles. The van der Waals surface area contributed by atoms with Crippen LogP contribution in [0.25, 0.3) is 0 Å². The number of rotatable bonds is 5. The maximum absolute atomic E-state index is 11.6. The summed E-state index contributed by atoms with van der Waals surface area (Å²) in [6, 6.07) is 3.16. The van der Waals surface area contributed by atoms with Crippen LogP contribution in [0.1, 0.15) is 30.1 Å². The predicted octanol–water partition coefficient (Wildman–Crippen LogP) is 1.64. The molecule has 0 bridgehead atoms. The number of carbonyl (C=O) groups is 1. The number of esters is 1. The highest BCUT2D eigenvalue weighted by molar-refractivity contribution is 5.93. The monoisotopic (exact) mass is 294 g/mol. The van der Waals surface area contributed by atoms with Crippen LogP contribution in [0, 0.1) is 5.92 Å². The van der Waals surface area contributed by atoms with Crippen LogP contribution in [0.2, 0.25) is 0 Å². The highest BCUT2D eigenvalue weighted by Crippen LogP contribution is 2.39. The van der Waals surface area contributed by atoms with Gasteiger partial charge in [0.2, 0.25) is 0 Å². The zero-order valence-electron chi connectivity index (χ0n) is 12.6. The van der Waals surface area contributed by atoms with Gasteiger partial charge in [0.05, 0.1) is 31.1 Å². The van der Waals surface area contributed by atoms with E-state index in [1.807, 2.05) is 6.92 Å². The lowest BCUT2D eigenvalue weighted by Gasteiger charge is -2.41. The van der Waals surface area contributed by atoms with Crippen LogP contribution >= 0.6 is 0 Å². The number of nitrogens with one attached hydrogen (secondary N) is 1. The third-order valence-corrected chi connectivity index (χ3v) is 3.80. The van der Waals surface area contributed by atoms with E-state index in [-0.39, 0.29) is 0 Å². The first kappa shape index (κ1) is 15.4. The number of ether oxygens (including phenoxy) is 2. The first-order valence-electron chi connectivity index (χ1n) is 6.88. The van der Waals surface area contributed by atoms with Gasteiger partial charge in [0.25, 0.3) is 0 Å². The predicted molar refractivity (Wildman–Crippen MR) is 80.6 cm³/mol. The van der Waals surface area contributed by atoms with E-state index in [4.69, 9.17) is 10.5 Å². The fraction of sp³-hybridized carbons (Fsp3) is 0.533. The quantitative estimate of drug-likeness (QED) is 0.564. The van der Waals surface area contributed by atoms with Crippen LogP contribution in [0.3, 0.4) is 0 Å². The number of aliphatic hydroxyl groups is 1. The normalized spacial score (nSPS) is 24.1. The first-order valence-corrected chi connectivity index (χ1v) is 6.88. The van der Waals surface area contributed by atoms with Crippen molar-refractivity contribution in [1.82, 2.24) is 0 Å². The summed E-state index contributed by atoms with van der Waals surface area (Å²) in [5.74, 6) is 0.451. The number of carbonyl (C=O) groups excluding carboxylic acids is 1. The Hall–Kier alpha value is -1.95. The molecule has 0 spiro atoms. The van der Waals surface area contributed by atoms with Crippen molar-refractivity contribution in [3.63, 3.8) is 0 Å². The lowest BCUT2D eigenvalue weighted by atomic mass is 9.72. The molecule has 2 rings (SSSR count). The van der Waals surface area contributed by atoms with Gasteiger partial charge in [-0.2, -0.15) is 0 Å². The van der Waals surface area contributed by atoms with Gasteiger partial charge in [-0.1, -0.05) is 0 Å². The van der Waals surface area contributed by atoms with Crippen molar-refractivity contribution in [3.8, 4) is 5.75 Å². The van der Waals surface area contributed by atoms with Crippen molar-refractivity contribution in [1.29, 1.82) is 0 Å². The summed E-state index contributed by atoms with van der Waals surface area (Å²) in [5, 5.41) is 13.0. The summed E-state index contributed by atoms with van der Waals surface area (Å²) in [4.78, 5) is 11.6. The highest BCUT2D eigenvalue weighted by Gasteiger charge is 2.38. The average Bonchev–Trinajstić information content (AvgIpc) is 2.41. The van der Waals surface area contributed by atoms with Crippen LogP contribution in [-0.2, 0) is 4.74 Å². The van der Waals surface area contributed by atoms with Crippen molar-refractivity contribution >= 4 is 17.3 Å². The molecule has 0 atom stereocenters. The summed E-state index contributed by atoms with van der Waals surface area (Å²) in [5.41, 5.74) is 6.89. The van der Waals surface area contributed by atoms with Gasteiger partial charge < -0.3 is 25.6 Å². The Bertz CT molecular complexity index is 535. The Labute approximate surface area is 124 Å². The minimum Gasteiger partial charge on any atom is -0.494 e. The summed E-state index contributed by atoms with van der Waals surface area (Å²) >= 11 is 0. The minimum absolute atomic E-state index is 0.351. The van der Waals surface area contributed by atoms with E-state index in [2.05, 4.69) is 10.1 Å². The smallest absolute Gasteiger partial charge is 0.338 e. The molecule has 21 heavy (non-hydrogen) atoms. The molecular formula is C15H22N2O4. The second-order valence-corrected chi connectivity index (χ2v) is 5.79. The van der Waals surface area contributed by atoms with Crippen LogP contribution in [0.15, 0.2) is 12.1 Å². The number of hydrogen-bond acceptors (Lipinski definition) is 6. The van der Waals surface area contributed by atoms with E-state index >= 15 is 0 Å². The van der Waals surface area contributed by atoms with E-state index in [1.54, 1.807) is 12.1 Å². The lowest BCUT2D eigenvalue weighted by molar-refractivity contribution is -0.0523. The molecule has 4 N–H and O–H groups in total. The second-order valence-electron chi connectivity index (χ2n) is 5.79. The number of hydrogen-bond donors (Lipinski definition) is 3. The van der Waals surface area contributed by atoms with Gasteiger partial charge in [-0.3, -0.25) is 0 Å². The van der Waals surface area contributed by atoms with E-state index in [1.165, 1.54) is 14.2 Å². The fourth-order valence-electron chi connectivity index (χ4n) is 2.80. The number of nitrogens with two attached hydrogens (primary N) is 1. The average molecular weight is 294 g/mol. The maximum atomic E-state index is 11.6. The molecule has 1 saturated carbocycles. The molecule has 0 unspecified atom stereocenters. The summed E-state index contributed by atoms with van der Waals surface area (Å²) < 4.78 is 9.97. The SMILES string of the molecule is COC(=O)c1cc(N)c(NC[C@H]2C[C@@](C)(O)C2)c(OC)c1. The summed E-state index contributed by atoms with van der Waals surface area (Å²) in [7, 11) is 2.84. The van der Waals surface area contributed by atoms with Gasteiger partial charge in [0.1, 0.15) is 11.4 Å². The molecule has 0 radical (unpaired) electrons. The molecule has 1 aliphatic rings. The Kier molecular flexibility index (Phi) is 4.27. The molecule has 1 aromatic carbocycles. The number of anilines is 2. The fourth-order valence-corrected chi connectivity index (χ4v) is 2.80. The highest BCUT2D eigenvalue weighted by atomic mass is 16.5. The standard InChI is InChI=1S/C15H22N2O4/c1-15(19)6-9(7-15)8-17-13-11(16)4-10(14(18)21-3)5-12(13)20-2/h4-5,9,17,19H,6-8,16H2,1-3H3/t9-,15+. The first-order chi connectivity index (χ1) is 9.86. The van der Waals surface area contributed by atoms with E-state index in [0.29, 0.717) is 35.2 Å². The molecule has 1 fully saturated rings. The van der Waals surface area contributed by atoms with Crippen LogP contribution in [0.4, 0.5) is 11.4 Å². The van der Waals surface area contributed by atoms with Crippen molar-refractivity contribution in [2.45, 2.75) is 25.4 Å². The largest absolute Gasteiger partial charge is 0.494 e. The van der Waals surface area contributed by atoms with Gasteiger partial charge in [-0.25, -0.2) is 4.79 Å². The van der Waals surface area contributed by atoms with E-state index < -0.39 is 11.6 Å². The molecular weight excluding hydrogens is 272 g/mol. The lowest BCUT2D eigenvalue weighted by Crippen LogP contribution is -2.43. The molecule has 6 nitrogen and oxygen atoms in total. The van der Waals surface area contributed by atoms with Gasteiger partial charge in [0, 0.05) is 6.54 Å². The molecule has 0 aliphatic heterocycles. The van der Waals surface area contributed by atoms with Crippen molar-refractivity contribution in [3.05, 3.63) is 17.7 Å². The molecule has 1 aromatic rings. The van der Waals surface area contributed by atoms with Gasteiger partial charge >= 0.3 is 5.97 Å². The number of nitrogen functional groups attached to an aromatic ring is 1. The second kappa shape index (κ2) is 5.81. The molecule has 116 valence electrons. The topological polar surface area (TPSA) is 93.8 Å². The minimum atomic E-state index is -0.545. The van der Waals surface area contributed by atoms with Crippen molar-refractivity contribution in [2.75, 3.05) is 31.8 Å². The van der Waals surface area contributed by atoms with Crippen LogP contribution < -0.4 is 15.8 Å². The molecule has 6 heteroatoms. The summed E-state index contributed by atoms with van der Waals surface area (Å²) in [6.07, 6.45) is 1.53. The van der Waals surface area contributed by atoms with Crippen LogP contribution in [0.5, 0.6) is 5.75 Å². The Morgan fingerprint density at radius 1 is 1.48 bits per heavy atom. The van der Waals surface area contributed by atoms with Gasteiger partial charge in [-0.15, -0.1) is 0 Å². The third kappa shape index (κ3) is 3.39. The van der Waals surface area contributed by atoms with E-state index in [9.17, 15) is 9.90 Å². The third-order valence-electron chi connectivity index (χ3n) is 3.80. The Morgan fingerprint density at radius 2 is 2.14 bits per heavy atom. The number of benzene rings is 1. The zero-order chi connectivity index (χ0) is 15.6. The maximum Gasteiger partial charge on any atom is 0.338 e. The number of methoxy groups -OCH3 is 2. The summed E-state index contributed by atoms with van der Waals surface area (Å²) in [6.45, 7) is 2.54. The van der Waals surface area contributed by atoms with Gasteiger partial charge in [0.15, 0.2) is 0 Å². The molecule has 0 saturated heterocycles. The van der Waals surface area contributed by atoms with Crippen LogP contribution in [-0.4, -0.2) is 37.4 Å². The van der Waals surface area contributed by atoms with E-state index in [0.717, 1.165) is 12.8 Å². The molecule has 0 heterocycles.